The molecule has 2 rings (SSSR count). The molecular weight excluding hydrogens is 228 g/mol. The second kappa shape index (κ2) is 5.64. The zero-order valence-electron chi connectivity index (χ0n) is 10.8. The number of pyridine rings is 1. The van der Waals surface area contributed by atoms with Gasteiger partial charge in [-0.1, -0.05) is 0 Å². The summed E-state index contributed by atoms with van der Waals surface area (Å²) in [6.07, 6.45) is 6.25. The first-order valence-corrected chi connectivity index (χ1v) is 6.01. The van der Waals surface area contributed by atoms with Crippen LogP contribution in [0.3, 0.4) is 0 Å². The maximum absolute atomic E-state index is 11.9. The quantitative estimate of drug-likeness (QED) is 0.801. The molecule has 2 aromatic heterocycles. The third kappa shape index (κ3) is 3.07. The van der Waals surface area contributed by atoms with Gasteiger partial charge in [0.25, 0.3) is 5.91 Å². The standard InChI is InChI=1S/C13H18N4O/c1-16(2)6-3-5-15-13(18)11-4-7-17-10-14-9-12(17)8-11/h4,7-10H,3,5-6H2,1-2H3,(H,15,18). The molecule has 5 nitrogen and oxygen atoms in total. The lowest BCUT2D eigenvalue weighted by Crippen LogP contribution is -2.27. The van der Waals surface area contributed by atoms with Crippen LogP contribution in [0.4, 0.5) is 0 Å². The van der Waals surface area contributed by atoms with Crippen molar-refractivity contribution in [2.75, 3.05) is 27.2 Å². The number of hydrogen-bond acceptors (Lipinski definition) is 3. The first kappa shape index (κ1) is 12.6. The molecule has 0 bridgehead atoms. The normalized spacial score (nSPS) is 11.1. The number of hydrogen-bond donors (Lipinski definition) is 1. The molecule has 0 unspecified atom stereocenters. The highest BCUT2D eigenvalue weighted by atomic mass is 16.1. The lowest BCUT2D eigenvalue weighted by atomic mass is 10.2. The summed E-state index contributed by atoms with van der Waals surface area (Å²) in [4.78, 5) is 18.0. The molecule has 0 fully saturated rings. The second-order valence-corrected chi connectivity index (χ2v) is 4.55. The molecule has 2 heterocycles. The van der Waals surface area contributed by atoms with Gasteiger partial charge >= 0.3 is 0 Å². The average molecular weight is 246 g/mol. The van der Waals surface area contributed by atoms with Crippen LogP contribution in [-0.4, -0.2) is 47.4 Å². The van der Waals surface area contributed by atoms with Crippen LogP contribution in [-0.2, 0) is 0 Å². The van der Waals surface area contributed by atoms with Crippen molar-refractivity contribution in [3.05, 3.63) is 36.4 Å². The maximum Gasteiger partial charge on any atom is 0.251 e. The van der Waals surface area contributed by atoms with Crippen molar-refractivity contribution in [1.82, 2.24) is 19.6 Å². The van der Waals surface area contributed by atoms with E-state index in [1.165, 1.54) is 0 Å². The minimum absolute atomic E-state index is 0.0301. The van der Waals surface area contributed by atoms with Gasteiger partial charge in [0.2, 0.25) is 0 Å². The fraction of sp³-hybridized carbons (Fsp3) is 0.385. The van der Waals surface area contributed by atoms with Crippen molar-refractivity contribution in [2.24, 2.45) is 0 Å². The van der Waals surface area contributed by atoms with E-state index in [9.17, 15) is 4.79 Å². The summed E-state index contributed by atoms with van der Waals surface area (Å²) in [6.45, 7) is 1.67. The summed E-state index contributed by atoms with van der Waals surface area (Å²) in [6, 6.07) is 3.64. The fourth-order valence-corrected chi connectivity index (χ4v) is 1.76. The minimum atomic E-state index is -0.0301. The van der Waals surface area contributed by atoms with Crippen LogP contribution >= 0.6 is 0 Å². The molecule has 0 saturated heterocycles. The van der Waals surface area contributed by atoms with Crippen molar-refractivity contribution >= 4 is 11.4 Å². The number of carbonyl (C=O) groups is 1. The molecule has 0 aliphatic rings. The van der Waals surface area contributed by atoms with Crippen molar-refractivity contribution < 1.29 is 4.79 Å². The highest BCUT2D eigenvalue weighted by molar-refractivity contribution is 5.95. The van der Waals surface area contributed by atoms with Gasteiger partial charge in [0.05, 0.1) is 18.0 Å². The van der Waals surface area contributed by atoms with E-state index in [1.54, 1.807) is 18.6 Å². The Hall–Kier alpha value is -1.88. The zero-order valence-corrected chi connectivity index (χ0v) is 10.8. The predicted molar refractivity (Wildman–Crippen MR) is 70.7 cm³/mol. The van der Waals surface area contributed by atoms with E-state index in [4.69, 9.17) is 0 Å². The Morgan fingerprint density at radius 2 is 2.33 bits per heavy atom. The summed E-state index contributed by atoms with van der Waals surface area (Å²) >= 11 is 0. The first-order chi connectivity index (χ1) is 8.66. The van der Waals surface area contributed by atoms with E-state index in [1.807, 2.05) is 30.8 Å². The summed E-state index contributed by atoms with van der Waals surface area (Å²) in [5.74, 6) is -0.0301. The van der Waals surface area contributed by atoms with E-state index in [2.05, 4.69) is 15.2 Å². The van der Waals surface area contributed by atoms with Gasteiger partial charge in [-0.2, -0.15) is 0 Å². The molecule has 5 heteroatoms. The van der Waals surface area contributed by atoms with Crippen LogP contribution in [0.1, 0.15) is 16.8 Å². The van der Waals surface area contributed by atoms with Gasteiger partial charge in [-0.3, -0.25) is 4.79 Å². The first-order valence-electron chi connectivity index (χ1n) is 6.01. The SMILES string of the molecule is CN(C)CCCNC(=O)c1ccn2cncc2c1. The van der Waals surface area contributed by atoms with E-state index in [0.717, 1.165) is 18.5 Å². The van der Waals surface area contributed by atoms with Gasteiger partial charge in [-0.15, -0.1) is 0 Å². The molecule has 0 atom stereocenters. The van der Waals surface area contributed by atoms with Gasteiger partial charge in [0.1, 0.15) is 0 Å². The predicted octanol–water partition coefficient (Wildman–Crippen LogP) is 1.02. The number of fused-ring (bicyclic) bond motifs is 1. The summed E-state index contributed by atoms with van der Waals surface area (Å²) in [7, 11) is 4.05. The number of aromatic nitrogens is 2. The number of rotatable bonds is 5. The van der Waals surface area contributed by atoms with Crippen molar-refractivity contribution in [1.29, 1.82) is 0 Å². The highest BCUT2D eigenvalue weighted by Crippen LogP contribution is 2.06. The van der Waals surface area contributed by atoms with Crippen LogP contribution in [0.25, 0.3) is 5.52 Å². The molecule has 0 aliphatic carbocycles. The zero-order chi connectivity index (χ0) is 13.0. The Balaban J connectivity index is 1.92. The van der Waals surface area contributed by atoms with Crippen LogP contribution in [0.5, 0.6) is 0 Å². The minimum Gasteiger partial charge on any atom is -0.352 e. The fourth-order valence-electron chi connectivity index (χ4n) is 1.76. The lowest BCUT2D eigenvalue weighted by molar-refractivity contribution is 0.0952. The van der Waals surface area contributed by atoms with E-state index in [0.29, 0.717) is 12.1 Å². The van der Waals surface area contributed by atoms with E-state index < -0.39 is 0 Å². The molecule has 96 valence electrons. The van der Waals surface area contributed by atoms with Crippen LogP contribution in [0.2, 0.25) is 0 Å². The molecule has 2 aromatic rings. The van der Waals surface area contributed by atoms with Gasteiger partial charge in [-0.25, -0.2) is 4.98 Å². The lowest BCUT2D eigenvalue weighted by Gasteiger charge is -2.10. The van der Waals surface area contributed by atoms with Crippen LogP contribution in [0, 0.1) is 0 Å². The third-order valence-corrected chi connectivity index (χ3v) is 2.74. The maximum atomic E-state index is 11.9. The summed E-state index contributed by atoms with van der Waals surface area (Å²) in [5.41, 5.74) is 1.60. The molecule has 0 spiro atoms. The number of carbonyl (C=O) groups excluding carboxylic acids is 1. The van der Waals surface area contributed by atoms with Crippen LogP contribution < -0.4 is 5.32 Å². The second-order valence-electron chi connectivity index (χ2n) is 4.55. The van der Waals surface area contributed by atoms with Gasteiger partial charge in [0, 0.05) is 18.3 Å². The molecule has 0 radical (unpaired) electrons. The molecular formula is C13H18N4O. The van der Waals surface area contributed by atoms with Crippen LogP contribution in [0.15, 0.2) is 30.9 Å². The Morgan fingerprint density at radius 3 is 3.11 bits per heavy atom. The molecule has 0 aliphatic heterocycles. The Labute approximate surface area is 106 Å². The van der Waals surface area contributed by atoms with E-state index in [-0.39, 0.29) is 5.91 Å². The summed E-state index contributed by atoms with van der Waals surface area (Å²) in [5, 5.41) is 2.92. The summed E-state index contributed by atoms with van der Waals surface area (Å²) < 4.78 is 1.88. The average Bonchev–Trinajstić information content (AvgIpc) is 2.81. The number of imidazole rings is 1. The smallest absolute Gasteiger partial charge is 0.251 e. The number of nitrogens with zero attached hydrogens (tertiary/aromatic N) is 3. The largest absolute Gasteiger partial charge is 0.352 e. The number of amides is 1. The van der Waals surface area contributed by atoms with Gasteiger partial charge in [-0.05, 0) is 39.2 Å². The monoisotopic (exact) mass is 246 g/mol. The topological polar surface area (TPSA) is 49.6 Å². The van der Waals surface area contributed by atoms with Crippen molar-refractivity contribution in [3.63, 3.8) is 0 Å². The van der Waals surface area contributed by atoms with E-state index >= 15 is 0 Å². The molecule has 18 heavy (non-hydrogen) atoms. The Kier molecular flexibility index (Phi) is 3.94. The molecule has 0 saturated carbocycles. The Bertz CT molecular complexity index is 533. The van der Waals surface area contributed by atoms with Gasteiger partial charge in [0.15, 0.2) is 0 Å². The molecule has 1 amide bonds. The third-order valence-electron chi connectivity index (χ3n) is 2.74. The Morgan fingerprint density at radius 1 is 1.50 bits per heavy atom. The molecule has 0 aromatic carbocycles. The van der Waals surface area contributed by atoms with Gasteiger partial charge < -0.3 is 14.6 Å². The molecule has 1 N–H and O–H groups in total. The number of nitrogens with one attached hydrogen (secondary N) is 1. The highest BCUT2D eigenvalue weighted by Gasteiger charge is 2.05. The van der Waals surface area contributed by atoms with Crippen molar-refractivity contribution in [3.8, 4) is 0 Å². The van der Waals surface area contributed by atoms with Crippen molar-refractivity contribution in [2.45, 2.75) is 6.42 Å².